The van der Waals surface area contributed by atoms with E-state index in [1.165, 1.54) is 29.8 Å². The number of rotatable bonds is 10. The summed E-state index contributed by atoms with van der Waals surface area (Å²) in [6, 6.07) is 15.9. The molecule has 0 heterocycles. The van der Waals surface area contributed by atoms with Crippen molar-refractivity contribution < 1.29 is 14.8 Å². The summed E-state index contributed by atoms with van der Waals surface area (Å²) in [5, 5.41) is 27.1. The third-order valence-corrected chi connectivity index (χ3v) is 3.84. The number of guanidine groups is 1. The quantitative estimate of drug-likeness (QED) is 0.148. The minimum absolute atomic E-state index is 0. The SMILES string of the molecule is CCNC(=NCC(O)COc1ccc([N+](=O)[O-])cc1)NCCc1ccccc1.I. The van der Waals surface area contributed by atoms with Gasteiger partial charge in [-0.15, -0.1) is 24.0 Å². The first-order valence-electron chi connectivity index (χ1n) is 9.20. The van der Waals surface area contributed by atoms with Crippen LogP contribution in [0.25, 0.3) is 0 Å². The van der Waals surface area contributed by atoms with Crippen molar-refractivity contribution in [2.75, 3.05) is 26.2 Å². The van der Waals surface area contributed by atoms with Crippen molar-refractivity contribution >= 4 is 35.6 Å². The Morgan fingerprint density at radius 1 is 1.17 bits per heavy atom. The second-order valence-corrected chi connectivity index (χ2v) is 6.10. The Kier molecular flexibility index (Phi) is 11.7. The number of nitro benzene ring substituents is 1. The Morgan fingerprint density at radius 3 is 2.48 bits per heavy atom. The van der Waals surface area contributed by atoms with Crippen LogP contribution in [0.1, 0.15) is 12.5 Å². The van der Waals surface area contributed by atoms with Crippen molar-refractivity contribution in [3.63, 3.8) is 0 Å². The molecule has 0 aliphatic carbocycles. The van der Waals surface area contributed by atoms with E-state index in [1.54, 1.807) is 0 Å². The van der Waals surface area contributed by atoms with E-state index in [0.29, 0.717) is 18.3 Å². The number of hydrogen-bond donors (Lipinski definition) is 3. The molecular formula is C20H27IN4O4. The monoisotopic (exact) mass is 514 g/mol. The molecule has 0 amide bonds. The van der Waals surface area contributed by atoms with Gasteiger partial charge in [0.2, 0.25) is 0 Å². The average Bonchev–Trinajstić information content (AvgIpc) is 2.71. The van der Waals surface area contributed by atoms with Gasteiger partial charge in [-0.25, -0.2) is 0 Å². The molecule has 0 fully saturated rings. The van der Waals surface area contributed by atoms with Gasteiger partial charge in [-0.2, -0.15) is 0 Å². The number of halogens is 1. The van der Waals surface area contributed by atoms with Crippen molar-refractivity contribution in [1.82, 2.24) is 10.6 Å². The topological polar surface area (TPSA) is 109 Å². The molecule has 8 nitrogen and oxygen atoms in total. The highest BCUT2D eigenvalue weighted by Crippen LogP contribution is 2.17. The Morgan fingerprint density at radius 2 is 1.86 bits per heavy atom. The molecule has 1 unspecified atom stereocenters. The number of non-ortho nitro benzene ring substituents is 1. The fraction of sp³-hybridized carbons (Fsp3) is 0.350. The highest BCUT2D eigenvalue weighted by Gasteiger charge is 2.08. The van der Waals surface area contributed by atoms with Gasteiger partial charge in [0, 0.05) is 25.2 Å². The molecule has 0 aromatic heterocycles. The zero-order chi connectivity index (χ0) is 20.2. The summed E-state index contributed by atoms with van der Waals surface area (Å²) < 4.78 is 5.45. The number of nitro groups is 1. The predicted octanol–water partition coefficient (Wildman–Crippen LogP) is 2.75. The molecule has 29 heavy (non-hydrogen) atoms. The summed E-state index contributed by atoms with van der Waals surface area (Å²) in [5.41, 5.74) is 1.23. The van der Waals surface area contributed by atoms with Crippen LogP contribution in [0.2, 0.25) is 0 Å². The standard InChI is InChI=1S/C20H26N4O4.HI/c1-2-21-20(22-13-12-16-6-4-3-5-7-16)23-14-18(25)15-28-19-10-8-17(9-11-19)24(26)27;/h3-11,18,25H,2,12-15H2,1H3,(H2,21,22,23);1H. The minimum atomic E-state index is -0.792. The van der Waals surface area contributed by atoms with Gasteiger partial charge < -0.3 is 20.5 Å². The zero-order valence-electron chi connectivity index (χ0n) is 16.3. The molecule has 2 aromatic rings. The predicted molar refractivity (Wildman–Crippen MR) is 124 cm³/mol. The van der Waals surface area contributed by atoms with Crippen LogP contribution in [-0.4, -0.2) is 48.3 Å². The molecule has 2 rings (SSSR count). The molecule has 3 N–H and O–H groups in total. The van der Waals surface area contributed by atoms with Crippen LogP contribution in [0.5, 0.6) is 5.75 Å². The number of benzene rings is 2. The second kappa shape index (κ2) is 13.7. The molecule has 1 atom stereocenters. The molecule has 2 aromatic carbocycles. The van der Waals surface area contributed by atoms with Crippen molar-refractivity contribution in [2.24, 2.45) is 4.99 Å². The van der Waals surface area contributed by atoms with E-state index in [4.69, 9.17) is 4.74 Å². The summed E-state index contributed by atoms with van der Waals surface area (Å²) in [5.74, 6) is 1.09. The van der Waals surface area contributed by atoms with Gasteiger partial charge in [0.15, 0.2) is 5.96 Å². The largest absolute Gasteiger partial charge is 0.491 e. The number of aliphatic imine (C=N–C) groups is 1. The van der Waals surface area contributed by atoms with Crippen LogP contribution >= 0.6 is 24.0 Å². The molecule has 158 valence electrons. The van der Waals surface area contributed by atoms with Gasteiger partial charge in [-0.1, -0.05) is 30.3 Å². The molecule has 9 heteroatoms. The summed E-state index contributed by atoms with van der Waals surface area (Å²) in [7, 11) is 0. The van der Waals surface area contributed by atoms with Crippen molar-refractivity contribution in [3.8, 4) is 5.75 Å². The molecule has 0 aliphatic rings. The lowest BCUT2D eigenvalue weighted by atomic mass is 10.1. The highest BCUT2D eigenvalue weighted by molar-refractivity contribution is 14.0. The number of aliphatic hydroxyl groups excluding tert-OH is 1. The Balaban J connectivity index is 0.00000420. The van der Waals surface area contributed by atoms with Gasteiger partial charge in [-0.3, -0.25) is 15.1 Å². The first-order chi connectivity index (χ1) is 13.6. The van der Waals surface area contributed by atoms with E-state index >= 15 is 0 Å². The van der Waals surface area contributed by atoms with Crippen molar-refractivity contribution in [3.05, 3.63) is 70.3 Å². The van der Waals surface area contributed by atoms with Crippen molar-refractivity contribution in [2.45, 2.75) is 19.4 Å². The highest BCUT2D eigenvalue weighted by atomic mass is 127. The third-order valence-electron chi connectivity index (χ3n) is 3.84. The van der Waals surface area contributed by atoms with Gasteiger partial charge in [0.1, 0.15) is 18.5 Å². The lowest BCUT2D eigenvalue weighted by molar-refractivity contribution is -0.384. The molecule has 0 bridgehead atoms. The smallest absolute Gasteiger partial charge is 0.269 e. The van der Waals surface area contributed by atoms with E-state index < -0.39 is 11.0 Å². The van der Waals surface area contributed by atoms with E-state index in [9.17, 15) is 15.2 Å². The maximum Gasteiger partial charge on any atom is 0.269 e. The summed E-state index contributed by atoms with van der Waals surface area (Å²) >= 11 is 0. The van der Waals surface area contributed by atoms with Crippen molar-refractivity contribution in [1.29, 1.82) is 0 Å². The van der Waals surface area contributed by atoms with E-state index in [2.05, 4.69) is 27.8 Å². The molecule has 0 saturated carbocycles. The van der Waals surface area contributed by atoms with Crippen LogP contribution in [0.3, 0.4) is 0 Å². The lowest BCUT2D eigenvalue weighted by Crippen LogP contribution is -2.39. The summed E-state index contributed by atoms with van der Waals surface area (Å²) in [4.78, 5) is 14.5. The normalized spacial score (nSPS) is 11.9. The molecular weight excluding hydrogens is 487 g/mol. The molecule has 0 saturated heterocycles. The number of ether oxygens (including phenoxy) is 1. The Hall–Kier alpha value is -2.40. The Bertz CT molecular complexity index is 757. The molecule has 0 aliphatic heterocycles. The number of hydrogen-bond acceptors (Lipinski definition) is 5. The van der Waals surface area contributed by atoms with Crippen LogP contribution in [0.15, 0.2) is 59.6 Å². The van der Waals surface area contributed by atoms with Gasteiger partial charge in [-0.05, 0) is 31.0 Å². The van der Waals surface area contributed by atoms with Crippen LogP contribution in [-0.2, 0) is 6.42 Å². The first kappa shape index (κ1) is 24.6. The summed E-state index contributed by atoms with van der Waals surface area (Å²) in [6.07, 6.45) is 0.0802. The molecule has 0 radical (unpaired) electrons. The van der Waals surface area contributed by atoms with Gasteiger partial charge in [0.25, 0.3) is 5.69 Å². The third kappa shape index (κ3) is 9.57. The molecule has 0 spiro atoms. The van der Waals surface area contributed by atoms with Gasteiger partial charge >= 0.3 is 0 Å². The number of nitrogens with zero attached hydrogens (tertiary/aromatic N) is 2. The van der Waals surface area contributed by atoms with Crippen LogP contribution < -0.4 is 15.4 Å². The minimum Gasteiger partial charge on any atom is -0.491 e. The Labute approximate surface area is 187 Å². The van der Waals surface area contributed by atoms with E-state index in [0.717, 1.165) is 13.0 Å². The maximum atomic E-state index is 10.6. The van der Waals surface area contributed by atoms with Crippen LogP contribution in [0, 0.1) is 10.1 Å². The second-order valence-electron chi connectivity index (χ2n) is 6.10. The summed E-state index contributed by atoms with van der Waals surface area (Å²) in [6.45, 7) is 3.64. The van der Waals surface area contributed by atoms with E-state index in [-0.39, 0.29) is 42.8 Å². The maximum absolute atomic E-state index is 10.6. The first-order valence-corrected chi connectivity index (χ1v) is 9.20. The lowest BCUT2D eigenvalue weighted by Gasteiger charge is -2.14. The fourth-order valence-electron chi connectivity index (χ4n) is 2.42. The van der Waals surface area contributed by atoms with Crippen LogP contribution in [0.4, 0.5) is 5.69 Å². The number of nitrogens with one attached hydrogen (secondary N) is 2. The zero-order valence-corrected chi connectivity index (χ0v) is 18.6. The van der Waals surface area contributed by atoms with Gasteiger partial charge in [0.05, 0.1) is 11.5 Å². The average molecular weight is 514 g/mol. The number of aliphatic hydroxyl groups is 1. The van der Waals surface area contributed by atoms with E-state index in [1.807, 2.05) is 25.1 Å². The fourth-order valence-corrected chi connectivity index (χ4v) is 2.42.